The van der Waals surface area contributed by atoms with E-state index in [4.69, 9.17) is 11.6 Å². The Kier molecular flexibility index (Phi) is 3.54. The minimum atomic E-state index is -0.195. The van der Waals surface area contributed by atoms with Crippen LogP contribution in [0.1, 0.15) is 25.3 Å². The molecule has 2 nitrogen and oxygen atoms in total. The number of rotatable bonds is 3. The van der Waals surface area contributed by atoms with Gasteiger partial charge >= 0.3 is 0 Å². The molecule has 104 valence electrons. The maximum atomic E-state index is 13.8. The van der Waals surface area contributed by atoms with Crippen molar-refractivity contribution < 1.29 is 4.39 Å². The van der Waals surface area contributed by atoms with Gasteiger partial charge in [-0.3, -0.25) is 4.90 Å². The maximum absolute atomic E-state index is 13.8. The first-order valence-corrected chi connectivity index (χ1v) is 7.36. The first kappa shape index (κ1) is 13.3. The summed E-state index contributed by atoms with van der Waals surface area (Å²) in [6.07, 6.45) is 2.65. The third kappa shape index (κ3) is 2.93. The van der Waals surface area contributed by atoms with Crippen molar-refractivity contribution in [1.29, 1.82) is 0 Å². The highest BCUT2D eigenvalue weighted by molar-refractivity contribution is 6.30. The van der Waals surface area contributed by atoms with Gasteiger partial charge in [0.25, 0.3) is 0 Å². The predicted molar refractivity (Wildman–Crippen MR) is 75.8 cm³/mol. The Balaban J connectivity index is 1.69. The summed E-state index contributed by atoms with van der Waals surface area (Å²) in [5.74, 6) is 0.601. The molecule has 0 spiro atoms. The van der Waals surface area contributed by atoms with Crippen LogP contribution in [0.15, 0.2) is 18.2 Å². The number of piperazine rings is 1. The van der Waals surface area contributed by atoms with Crippen LogP contribution in [0.2, 0.25) is 5.02 Å². The minimum Gasteiger partial charge on any atom is -0.309 e. The highest BCUT2D eigenvalue weighted by Gasteiger charge is 2.43. The molecule has 3 rings (SSSR count). The van der Waals surface area contributed by atoms with Crippen LogP contribution in [0.3, 0.4) is 0 Å². The number of hydrogen-bond donors (Lipinski definition) is 1. The van der Waals surface area contributed by atoms with Crippen molar-refractivity contribution in [2.75, 3.05) is 19.6 Å². The summed E-state index contributed by atoms with van der Waals surface area (Å²) in [4.78, 5) is 2.35. The van der Waals surface area contributed by atoms with Gasteiger partial charge in [0.2, 0.25) is 0 Å². The number of hydrogen-bond acceptors (Lipinski definition) is 2. The molecule has 1 atom stereocenters. The van der Waals surface area contributed by atoms with Crippen LogP contribution < -0.4 is 5.32 Å². The Bertz CT molecular complexity index is 475. The van der Waals surface area contributed by atoms with Gasteiger partial charge in [0.1, 0.15) is 5.82 Å². The second kappa shape index (κ2) is 5.04. The van der Waals surface area contributed by atoms with Crippen LogP contribution in [0.25, 0.3) is 0 Å². The molecule has 1 aliphatic carbocycles. The molecule has 1 saturated heterocycles. The van der Waals surface area contributed by atoms with Gasteiger partial charge in [-0.15, -0.1) is 0 Å². The average Bonchev–Trinajstić information content (AvgIpc) is 3.17. The summed E-state index contributed by atoms with van der Waals surface area (Å²) in [6, 6.07) is 4.97. The van der Waals surface area contributed by atoms with Crippen LogP contribution in [0.5, 0.6) is 0 Å². The van der Waals surface area contributed by atoms with Gasteiger partial charge in [-0.05, 0) is 37.8 Å². The molecular weight excluding hydrogens is 263 g/mol. The molecule has 1 saturated carbocycles. The Morgan fingerprint density at radius 1 is 1.47 bits per heavy atom. The zero-order valence-corrected chi connectivity index (χ0v) is 12.0. The van der Waals surface area contributed by atoms with Crippen LogP contribution in [-0.2, 0) is 6.54 Å². The van der Waals surface area contributed by atoms with Crippen molar-refractivity contribution >= 4 is 11.6 Å². The van der Waals surface area contributed by atoms with E-state index in [1.54, 1.807) is 12.1 Å². The van der Waals surface area contributed by atoms with E-state index in [-0.39, 0.29) is 11.4 Å². The fourth-order valence-corrected chi connectivity index (χ4v) is 3.28. The fourth-order valence-electron chi connectivity index (χ4n) is 3.12. The Morgan fingerprint density at radius 2 is 2.26 bits per heavy atom. The van der Waals surface area contributed by atoms with Gasteiger partial charge in [0.05, 0.1) is 0 Å². The second-order valence-electron chi connectivity index (χ2n) is 6.06. The summed E-state index contributed by atoms with van der Waals surface area (Å²) in [5.41, 5.74) is 0.950. The molecule has 1 aromatic carbocycles. The lowest BCUT2D eigenvalue weighted by atomic mass is 9.92. The van der Waals surface area contributed by atoms with Crippen LogP contribution in [-0.4, -0.2) is 30.1 Å². The largest absolute Gasteiger partial charge is 0.309 e. The van der Waals surface area contributed by atoms with Crippen molar-refractivity contribution in [2.45, 2.75) is 31.8 Å². The van der Waals surface area contributed by atoms with E-state index in [0.29, 0.717) is 11.6 Å². The lowest BCUT2D eigenvalue weighted by molar-refractivity contribution is 0.120. The summed E-state index contributed by atoms with van der Waals surface area (Å²) in [7, 11) is 0. The topological polar surface area (TPSA) is 15.3 Å². The lowest BCUT2D eigenvalue weighted by Gasteiger charge is -2.42. The molecule has 2 fully saturated rings. The van der Waals surface area contributed by atoms with E-state index in [9.17, 15) is 4.39 Å². The Morgan fingerprint density at radius 3 is 2.95 bits per heavy atom. The maximum Gasteiger partial charge on any atom is 0.129 e. The normalized spacial score (nSPS) is 28.6. The monoisotopic (exact) mass is 282 g/mol. The predicted octanol–water partition coefficient (Wildman–Crippen LogP) is 3.05. The molecule has 2 aliphatic rings. The molecule has 0 aromatic heterocycles. The minimum absolute atomic E-state index is 0.195. The van der Waals surface area contributed by atoms with Crippen molar-refractivity contribution in [3.05, 3.63) is 34.6 Å². The van der Waals surface area contributed by atoms with Gasteiger partial charge in [0.15, 0.2) is 0 Å². The third-order valence-corrected chi connectivity index (χ3v) is 4.63. The van der Waals surface area contributed by atoms with Gasteiger partial charge in [-0.25, -0.2) is 4.39 Å². The number of benzene rings is 1. The lowest BCUT2D eigenvalue weighted by Crippen LogP contribution is -2.59. The van der Waals surface area contributed by atoms with E-state index in [0.717, 1.165) is 31.1 Å². The summed E-state index contributed by atoms with van der Waals surface area (Å²) in [6.45, 7) is 5.94. The standard InChI is InChI=1S/C15H20ClFN2/c1-15(12-3-4-12)10-19(7-6-18-15)9-11-2-5-13(16)8-14(11)17/h2,5,8,12,18H,3-4,6-7,9-10H2,1H3. The summed E-state index contributed by atoms with van der Waals surface area (Å²) in [5, 5.41) is 4.10. The number of nitrogens with one attached hydrogen (secondary N) is 1. The van der Waals surface area contributed by atoms with E-state index in [2.05, 4.69) is 17.1 Å². The SMILES string of the molecule is CC1(C2CC2)CN(Cc2ccc(Cl)cc2F)CCN1. The van der Waals surface area contributed by atoms with E-state index >= 15 is 0 Å². The molecule has 4 heteroatoms. The summed E-state index contributed by atoms with van der Waals surface area (Å²) < 4.78 is 13.8. The molecule has 0 amide bonds. The van der Waals surface area contributed by atoms with Gasteiger partial charge in [0, 0.05) is 42.3 Å². The molecule has 1 unspecified atom stereocenters. The summed E-state index contributed by atoms with van der Waals surface area (Å²) >= 11 is 5.79. The molecule has 1 N–H and O–H groups in total. The van der Waals surface area contributed by atoms with Crippen molar-refractivity contribution in [3.63, 3.8) is 0 Å². The van der Waals surface area contributed by atoms with Crippen LogP contribution in [0, 0.1) is 11.7 Å². The highest BCUT2D eigenvalue weighted by Crippen LogP contribution is 2.40. The quantitative estimate of drug-likeness (QED) is 0.917. The molecular formula is C15H20ClFN2. The smallest absolute Gasteiger partial charge is 0.129 e. The van der Waals surface area contributed by atoms with E-state index < -0.39 is 0 Å². The second-order valence-corrected chi connectivity index (χ2v) is 6.50. The van der Waals surface area contributed by atoms with Crippen molar-refractivity contribution in [1.82, 2.24) is 10.2 Å². The number of halogens is 2. The number of nitrogens with zero attached hydrogens (tertiary/aromatic N) is 1. The van der Waals surface area contributed by atoms with Crippen LogP contribution >= 0.6 is 11.6 Å². The highest BCUT2D eigenvalue weighted by atomic mass is 35.5. The molecule has 0 radical (unpaired) electrons. The third-order valence-electron chi connectivity index (χ3n) is 4.40. The Hall–Kier alpha value is -0.640. The van der Waals surface area contributed by atoms with Gasteiger partial charge in [-0.2, -0.15) is 0 Å². The zero-order valence-electron chi connectivity index (χ0n) is 11.3. The van der Waals surface area contributed by atoms with E-state index in [1.807, 2.05) is 0 Å². The molecule has 1 aromatic rings. The zero-order chi connectivity index (χ0) is 13.5. The molecule has 0 bridgehead atoms. The van der Waals surface area contributed by atoms with Crippen molar-refractivity contribution in [2.24, 2.45) is 5.92 Å². The molecule has 1 aliphatic heterocycles. The fraction of sp³-hybridized carbons (Fsp3) is 0.600. The van der Waals surface area contributed by atoms with Crippen LogP contribution in [0.4, 0.5) is 4.39 Å². The van der Waals surface area contributed by atoms with Gasteiger partial charge < -0.3 is 5.32 Å². The average molecular weight is 283 g/mol. The first-order chi connectivity index (χ1) is 9.07. The van der Waals surface area contributed by atoms with E-state index in [1.165, 1.54) is 18.9 Å². The van der Waals surface area contributed by atoms with Crippen molar-refractivity contribution in [3.8, 4) is 0 Å². The van der Waals surface area contributed by atoms with Gasteiger partial charge in [-0.1, -0.05) is 17.7 Å². The Labute approximate surface area is 118 Å². The first-order valence-electron chi connectivity index (χ1n) is 6.98. The molecule has 1 heterocycles. The molecule has 19 heavy (non-hydrogen) atoms.